The van der Waals surface area contributed by atoms with Crippen molar-refractivity contribution in [2.45, 2.75) is 30.4 Å². The first kappa shape index (κ1) is 13.3. The summed E-state index contributed by atoms with van der Waals surface area (Å²) >= 11 is 1.88. The van der Waals surface area contributed by atoms with Gasteiger partial charge in [0.15, 0.2) is 0 Å². The van der Waals surface area contributed by atoms with Gasteiger partial charge in [-0.05, 0) is 43.4 Å². The molecule has 0 spiro atoms. The van der Waals surface area contributed by atoms with E-state index in [9.17, 15) is 4.79 Å². The molecule has 0 radical (unpaired) electrons. The minimum absolute atomic E-state index is 0.00433. The van der Waals surface area contributed by atoms with E-state index in [1.54, 1.807) is 24.3 Å². The monoisotopic (exact) mass is 264 g/mol. The zero-order valence-electron chi connectivity index (χ0n) is 10.7. The van der Waals surface area contributed by atoms with Crippen molar-refractivity contribution in [2.24, 2.45) is 0 Å². The largest absolute Gasteiger partial charge is 0.399 e. The topological polar surface area (TPSA) is 55.1 Å². The van der Waals surface area contributed by atoms with E-state index in [1.165, 1.54) is 25.7 Å². The summed E-state index contributed by atoms with van der Waals surface area (Å²) in [6.07, 6.45) is 7.10. The fourth-order valence-electron chi connectivity index (χ4n) is 2.45. The second-order valence-electron chi connectivity index (χ2n) is 4.90. The van der Waals surface area contributed by atoms with Gasteiger partial charge >= 0.3 is 0 Å². The van der Waals surface area contributed by atoms with E-state index in [0.29, 0.717) is 11.3 Å². The minimum atomic E-state index is -0.00433. The smallest absolute Gasteiger partial charge is 0.251 e. The summed E-state index contributed by atoms with van der Waals surface area (Å²) < 4.78 is 0.253. The molecule has 4 heteroatoms. The first-order valence-electron chi connectivity index (χ1n) is 6.34. The Labute approximate surface area is 113 Å². The van der Waals surface area contributed by atoms with Gasteiger partial charge in [-0.1, -0.05) is 12.8 Å². The molecule has 0 atom stereocenters. The average molecular weight is 264 g/mol. The highest BCUT2D eigenvalue weighted by atomic mass is 32.2. The maximum absolute atomic E-state index is 12.0. The Morgan fingerprint density at radius 3 is 2.50 bits per heavy atom. The molecular weight excluding hydrogens is 244 g/mol. The maximum atomic E-state index is 12.0. The van der Waals surface area contributed by atoms with Crippen LogP contribution in [-0.4, -0.2) is 23.5 Å². The summed E-state index contributed by atoms with van der Waals surface area (Å²) in [5.74, 6) is -0.00433. The van der Waals surface area contributed by atoms with Gasteiger partial charge in [-0.25, -0.2) is 0 Å². The number of hydrogen-bond acceptors (Lipinski definition) is 3. The van der Waals surface area contributed by atoms with E-state index < -0.39 is 0 Å². The maximum Gasteiger partial charge on any atom is 0.251 e. The molecule has 0 aliphatic heterocycles. The summed E-state index contributed by atoms with van der Waals surface area (Å²) in [6, 6.07) is 7.06. The van der Waals surface area contributed by atoms with Crippen molar-refractivity contribution in [3.8, 4) is 0 Å². The Bertz CT molecular complexity index is 410. The summed E-state index contributed by atoms with van der Waals surface area (Å²) in [6.45, 7) is 0.761. The lowest BCUT2D eigenvalue weighted by Gasteiger charge is -2.26. The second-order valence-corrected chi connectivity index (χ2v) is 6.17. The van der Waals surface area contributed by atoms with E-state index in [-0.39, 0.29) is 10.7 Å². The van der Waals surface area contributed by atoms with E-state index in [4.69, 9.17) is 5.73 Å². The van der Waals surface area contributed by atoms with Gasteiger partial charge in [0.2, 0.25) is 0 Å². The number of anilines is 1. The second kappa shape index (κ2) is 5.65. The number of nitrogens with two attached hydrogens (primary N) is 1. The quantitative estimate of drug-likeness (QED) is 0.822. The molecule has 0 heterocycles. The van der Waals surface area contributed by atoms with Gasteiger partial charge < -0.3 is 11.1 Å². The third kappa shape index (κ3) is 2.99. The number of amides is 1. The predicted octanol–water partition coefficient (Wildman–Crippen LogP) is 2.67. The van der Waals surface area contributed by atoms with Gasteiger partial charge in [0.05, 0.1) is 0 Å². The van der Waals surface area contributed by atoms with Crippen LogP contribution in [0.1, 0.15) is 36.0 Å². The molecule has 18 heavy (non-hydrogen) atoms. The Hall–Kier alpha value is -1.16. The number of hydrogen-bond donors (Lipinski definition) is 2. The Kier molecular flexibility index (Phi) is 4.17. The van der Waals surface area contributed by atoms with E-state index in [1.807, 2.05) is 11.8 Å². The van der Waals surface area contributed by atoms with E-state index in [0.717, 1.165) is 6.54 Å². The normalized spacial score (nSPS) is 17.6. The van der Waals surface area contributed by atoms with Gasteiger partial charge in [0, 0.05) is 22.5 Å². The van der Waals surface area contributed by atoms with Crippen LogP contribution in [0.3, 0.4) is 0 Å². The lowest BCUT2D eigenvalue weighted by molar-refractivity contribution is 0.0949. The zero-order valence-corrected chi connectivity index (χ0v) is 11.6. The molecule has 1 fully saturated rings. The molecule has 0 unspecified atom stereocenters. The first-order chi connectivity index (χ1) is 8.65. The van der Waals surface area contributed by atoms with Crippen LogP contribution in [-0.2, 0) is 0 Å². The molecule has 0 aromatic heterocycles. The number of carbonyl (C=O) groups excluding carboxylic acids is 1. The molecule has 0 saturated heterocycles. The molecule has 1 aliphatic rings. The van der Waals surface area contributed by atoms with Crippen LogP contribution in [0.4, 0.5) is 5.69 Å². The van der Waals surface area contributed by atoms with Crippen molar-refractivity contribution in [3.63, 3.8) is 0 Å². The minimum Gasteiger partial charge on any atom is -0.399 e. The summed E-state index contributed by atoms with van der Waals surface area (Å²) in [5, 5.41) is 3.05. The van der Waals surface area contributed by atoms with Crippen LogP contribution in [0, 0.1) is 0 Å². The molecule has 1 aliphatic carbocycles. The van der Waals surface area contributed by atoms with Gasteiger partial charge in [0.25, 0.3) is 5.91 Å². The predicted molar refractivity (Wildman–Crippen MR) is 77.9 cm³/mol. The van der Waals surface area contributed by atoms with Gasteiger partial charge in [0.1, 0.15) is 0 Å². The average Bonchev–Trinajstić information content (AvgIpc) is 2.86. The zero-order chi connectivity index (χ0) is 13.0. The molecule has 1 amide bonds. The Morgan fingerprint density at radius 2 is 1.94 bits per heavy atom. The molecule has 1 saturated carbocycles. The molecular formula is C14H20N2OS. The summed E-state index contributed by atoms with van der Waals surface area (Å²) in [5.41, 5.74) is 6.97. The van der Waals surface area contributed by atoms with Crippen LogP contribution in [0.25, 0.3) is 0 Å². The van der Waals surface area contributed by atoms with Crippen molar-refractivity contribution in [2.75, 3.05) is 18.5 Å². The van der Waals surface area contributed by atoms with Crippen LogP contribution >= 0.6 is 11.8 Å². The summed E-state index contributed by atoms with van der Waals surface area (Å²) in [7, 11) is 0. The van der Waals surface area contributed by atoms with Crippen molar-refractivity contribution in [1.29, 1.82) is 0 Å². The number of carbonyl (C=O) groups is 1. The standard InChI is InChI=1S/C14H20N2OS/c1-18-14(8-2-3-9-14)10-16-13(17)11-4-6-12(15)7-5-11/h4-7H,2-3,8-10,15H2,1H3,(H,16,17). The SMILES string of the molecule is CSC1(CNC(=O)c2ccc(N)cc2)CCCC1. The number of benzene rings is 1. The number of nitrogen functional groups attached to an aromatic ring is 1. The first-order valence-corrected chi connectivity index (χ1v) is 7.57. The molecule has 3 N–H and O–H groups in total. The van der Waals surface area contributed by atoms with Crippen LogP contribution in [0.2, 0.25) is 0 Å². The fraction of sp³-hybridized carbons (Fsp3) is 0.500. The highest BCUT2D eigenvalue weighted by Crippen LogP contribution is 2.39. The van der Waals surface area contributed by atoms with Crippen LogP contribution in [0.15, 0.2) is 24.3 Å². The summed E-state index contributed by atoms with van der Waals surface area (Å²) in [4.78, 5) is 12.0. The number of nitrogens with one attached hydrogen (secondary N) is 1. The van der Waals surface area contributed by atoms with Crippen molar-refractivity contribution in [3.05, 3.63) is 29.8 Å². The molecule has 98 valence electrons. The lowest BCUT2D eigenvalue weighted by atomic mass is 10.1. The Morgan fingerprint density at radius 1 is 1.33 bits per heavy atom. The highest BCUT2D eigenvalue weighted by molar-refractivity contribution is 8.00. The van der Waals surface area contributed by atoms with Crippen LogP contribution < -0.4 is 11.1 Å². The van der Waals surface area contributed by atoms with Crippen molar-refractivity contribution < 1.29 is 4.79 Å². The van der Waals surface area contributed by atoms with Crippen molar-refractivity contribution in [1.82, 2.24) is 5.32 Å². The van der Waals surface area contributed by atoms with E-state index >= 15 is 0 Å². The van der Waals surface area contributed by atoms with E-state index in [2.05, 4.69) is 11.6 Å². The van der Waals surface area contributed by atoms with Gasteiger partial charge in [-0.3, -0.25) is 4.79 Å². The third-order valence-electron chi connectivity index (χ3n) is 3.69. The number of thioether (sulfide) groups is 1. The van der Waals surface area contributed by atoms with Crippen LogP contribution in [0.5, 0.6) is 0 Å². The van der Waals surface area contributed by atoms with Crippen molar-refractivity contribution >= 4 is 23.4 Å². The fourth-order valence-corrected chi connectivity index (χ4v) is 3.36. The molecule has 3 nitrogen and oxygen atoms in total. The number of rotatable bonds is 4. The van der Waals surface area contributed by atoms with Gasteiger partial charge in [-0.2, -0.15) is 11.8 Å². The molecule has 1 aromatic carbocycles. The van der Waals surface area contributed by atoms with Gasteiger partial charge in [-0.15, -0.1) is 0 Å². The highest BCUT2D eigenvalue weighted by Gasteiger charge is 2.33. The Balaban J connectivity index is 1.93. The molecule has 0 bridgehead atoms. The molecule has 1 aromatic rings. The lowest BCUT2D eigenvalue weighted by Crippen LogP contribution is -2.38. The third-order valence-corrected chi connectivity index (χ3v) is 5.11. The molecule has 2 rings (SSSR count).